The van der Waals surface area contributed by atoms with Crippen LogP contribution in [0.5, 0.6) is 5.75 Å². The van der Waals surface area contributed by atoms with Crippen molar-refractivity contribution in [2.45, 2.75) is 18.3 Å². The van der Waals surface area contributed by atoms with Crippen molar-refractivity contribution in [2.75, 3.05) is 7.11 Å². The van der Waals surface area contributed by atoms with E-state index in [0.717, 1.165) is 12.2 Å². The fraction of sp³-hybridized carbons (Fsp3) is 0.167. The SMILES string of the molecule is COc1ccc(C2C=C(c3ccccc3)CC2c2ccccc2)cc1. The molecule has 1 aliphatic carbocycles. The molecule has 0 fully saturated rings. The molecule has 3 aromatic rings. The number of hydrogen-bond donors (Lipinski definition) is 0. The molecule has 0 radical (unpaired) electrons. The van der Waals surface area contributed by atoms with Crippen molar-refractivity contribution in [3.8, 4) is 5.75 Å². The molecule has 0 spiro atoms. The van der Waals surface area contributed by atoms with E-state index in [9.17, 15) is 0 Å². The summed E-state index contributed by atoms with van der Waals surface area (Å²) in [5.41, 5.74) is 5.53. The minimum Gasteiger partial charge on any atom is -0.497 e. The van der Waals surface area contributed by atoms with E-state index < -0.39 is 0 Å². The van der Waals surface area contributed by atoms with Gasteiger partial charge in [-0.05, 0) is 46.7 Å². The maximum Gasteiger partial charge on any atom is 0.118 e. The first-order valence-electron chi connectivity index (χ1n) is 8.80. The van der Waals surface area contributed by atoms with Crippen LogP contribution >= 0.6 is 0 Å². The Morgan fingerprint density at radius 1 is 0.720 bits per heavy atom. The highest BCUT2D eigenvalue weighted by atomic mass is 16.5. The predicted octanol–water partition coefficient (Wildman–Crippen LogP) is 6.05. The van der Waals surface area contributed by atoms with Gasteiger partial charge in [0.15, 0.2) is 0 Å². The predicted molar refractivity (Wildman–Crippen MR) is 104 cm³/mol. The van der Waals surface area contributed by atoms with Crippen molar-refractivity contribution in [2.24, 2.45) is 0 Å². The summed E-state index contributed by atoms with van der Waals surface area (Å²) in [6.07, 6.45) is 3.53. The third kappa shape index (κ3) is 3.23. The van der Waals surface area contributed by atoms with Crippen LogP contribution < -0.4 is 4.74 Å². The summed E-state index contributed by atoms with van der Waals surface area (Å²) in [5, 5.41) is 0. The normalized spacial score (nSPS) is 19.5. The lowest BCUT2D eigenvalue weighted by Gasteiger charge is -2.20. The second-order valence-electron chi connectivity index (χ2n) is 6.58. The minimum absolute atomic E-state index is 0.392. The van der Waals surface area contributed by atoms with Gasteiger partial charge in [-0.25, -0.2) is 0 Å². The molecule has 0 saturated heterocycles. The van der Waals surface area contributed by atoms with E-state index >= 15 is 0 Å². The van der Waals surface area contributed by atoms with Gasteiger partial charge in [0.05, 0.1) is 7.11 Å². The topological polar surface area (TPSA) is 9.23 Å². The van der Waals surface area contributed by atoms with Gasteiger partial charge in [0.1, 0.15) is 5.75 Å². The van der Waals surface area contributed by atoms with Gasteiger partial charge in [-0.2, -0.15) is 0 Å². The number of hydrogen-bond acceptors (Lipinski definition) is 1. The lowest BCUT2D eigenvalue weighted by atomic mass is 9.83. The molecule has 0 N–H and O–H groups in total. The molecule has 1 nitrogen and oxygen atoms in total. The number of allylic oxidation sites excluding steroid dienone is 2. The third-order valence-corrected chi connectivity index (χ3v) is 5.13. The maximum atomic E-state index is 5.32. The Balaban J connectivity index is 1.73. The summed E-state index contributed by atoms with van der Waals surface area (Å²) in [5.74, 6) is 1.78. The summed E-state index contributed by atoms with van der Waals surface area (Å²) in [7, 11) is 1.71. The standard InChI is InChI=1S/C24H22O/c1-25-22-14-12-20(13-15-22)24-17-21(18-8-4-2-5-9-18)16-23(24)19-10-6-3-7-11-19/h2-15,17,23-24H,16H2,1H3. The minimum atomic E-state index is 0.392. The molecule has 2 atom stereocenters. The van der Waals surface area contributed by atoms with E-state index in [0.29, 0.717) is 11.8 Å². The van der Waals surface area contributed by atoms with Gasteiger partial charge in [0, 0.05) is 5.92 Å². The molecular formula is C24H22O. The molecule has 0 aromatic heterocycles. The first kappa shape index (κ1) is 15.7. The monoisotopic (exact) mass is 326 g/mol. The van der Waals surface area contributed by atoms with Crippen LogP contribution in [0.15, 0.2) is 91.0 Å². The Bertz CT molecular complexity index is 848. The van der Waals surface area contributed by atoms with Gasteiger partial charge in [0.2, 0.25) is 0 Å². The Morgan fingerprint density at radius 3 is 2.00 bits per heavy atom. The smallest absolute Gasteiger partial charge is 0.118 e. The lowest BCUT2D eigenvalue weighted by molar-refractivity contribution is 0.414. The average Bonchev–Trinajstić information content (AvgIpc) is 3.15. The van der Waals surface area contributed by atoms with Crippen LogP contribution in [0.3, 0.4) is 0 Å². The van der Waals surface area contributed by atoms with Gasteiger partial charge >= 0.3 is 0 Å². The van der Waals surface area contributed by atoms with Crippen LogP contribution in [0.2, 0.25) is 0 Å². The van der Waals surface area contributed by atoms with Gasteiger partial charge in [-0.1, -0.05) is 78.9 Å². The van der Waals surface area contributed by atoms with E-state index in [2.05, 4.69) is 91.0 Å². The zero-order valence-electron chi connectivity index (χ0n) is 14.4. The molecular weight excluding hydrogens is 304 g/mol. The number of ether oxygens (including phenoxy) is 1. The third-order valence-electron chi connectivity index (χ3n) is 5.13. The van der Waals surface area contributed by atoms with Gasteiger partial charge in [-0.15, -0.1) is 0 Å². The van der Waals surface area contributed by atoms with Gasteiger partial charge in [0.25, 0.3) is 0 Å². The Labute approximate surface area is 149 Å². The van der Waals surface area contributed by atoms with Crippen LogP contribution in [0.1, 0.15) is 34.9 Å². The van der Waals surface area contributed by atoms with Gasteiger partial charge in [-0.3, -0.25) is 0 Å². The van der Waals surface area contributed by atoms with E-state index in [-0.39, 0.29) is 0 Å². The first-order valence-corrected chi connectivity index (χ1v) is 8.80. The summed E-state index contributed by atoms with van der Waals surface area (Å²) in [6, 6.07) is 30.1. The molecule has 2 unspecified atom stereocenters. The Kier molecular flexibility index (Phi) is 4.39. The number of benzene rings is 3. The zero-order chi connectivity index (χ0) is 17.1. The fourth-order valence-corrected chi connectivity index (χ4v) is 3.81. The summed E-state index contributed by atoms with van der Waals surface area (Å²) >= 11 is 0. The highest BCUT2D eigenvalue weighted by Gasteiger charge is 2.30. The zero-order valence-corrected chi connectivity index (χ0v) is 14.4. The highest BCUT2D eigenvalue weighted by molar-refractivity contribution is 5.71. The molecule has 4 rings (SSSR count). The Hall–Kier alpha value is -2.80. The molecule has 1 aliphatic rings. The Morgan fingerprint density at radius 2 is 1.36 bits per heavy atom. The van der Waals surface area contributed by atoms with Crippen LogP contribution in [-0.4, -0.2) is 7.11 Å². The second kappa shape index (κ2) is 6.98. The molecule has 124 valence electrons. The van der Waals surface area contributed by atoms with Crippen LogP contribution in [0.4, 0.5) is 0 Å². The van der Waals surface area contributed by atoms with Crippen molar-refractivity contribution in [1.82, 2.24) is 0 Å². The van der Waals surface area contributed by atoms with Crippen LogP contribution in [0.25, 0.3) is 5.57 Å². The maximum absolute atomic E-state index is 5.32. The van der Waals surface area contributed by atoms with Crippen LogP contribution in [-0.2, 0) is 0 Å². The largest absolute Gasteiger partial charge is 0.497 e. The average molecular weight is 326 g/mol. The summed E-state index contributed by atoms with van der Waals surface area (Å²) in [4.78, 5) is 0. The summed E-state index contributed by atoms with van der Waals surface area (Å²) < 4.78 is 5.32. The molecule has 0 aliphatic heterocycles. The van der Waals surface area contributed by atoms with E-state index in [4.69, 9.17) is 4.74 Å². The molecule has 0 amide bonds. The van der Waals surface area contributed by atoms with Crippen molar-refractivity contribution >= 4 is 5.57 Å². The molecule has 0 saturated carbocycles. The van der Waals surface area contributed by atoms with Crippen molar-refractivity contribution < 1.29 is 4.74 Å². The van der Waals surface area contributed by atoms with Gasteiger partial charge < -0.3 is 4.74 Å². The molecule has 1 heteroatoms. The van der Waals surface area contributed by atoms with Crippen molar-refractivity contribution in [3.63, 3.8) is 0 Å². The second-order valence-corrected chi connectivity index (χ2v) is 6.58. The molecule has 0 heterocycles. The van der Waals surface area contributed by atoms with Crippen molar-refractivity contribution in [3.05, 3.63) is 108 Å². The number of rotatable bonds is 4. The molecule has 25 heavy (non-hydrogen) atoms. The van der Waals surface area contributed by atoms with Crippen LogP contribution in [0, 0.1) is 0 Å². The highest BCUT2D eigenvalue weighted by Crippen LogP contribution is 2.47. The fourth-order valence-electron chi connectivity index (χ4n) is 3.81. The van der Waals surface area contributed by atoms with E-state index in [1.165, 1.54) is 22.3 Å². The van der Waals surface area contributed by atoms with E-state index in [1.54, 1.807) is 7.11 Å². The number of methoxy groups -OCH3 is 1. The molecule has 0 bridgehead atoms. The molecule has 3 aromatic carbocycles. The lowest BCUT2D eigenvalue weighted by Crippen LogP contribution is -2.05. The first-order chi connectivity index (χ1) is 12.3. The van der Waals surface area contributed by atoms with Crippen molar-refractivity contribution in [1.29, 1.82) is 0 Å². The van der Waals surface area contributed by atoms with E-state index in [1.807, 2.05) is 0 Å². The summed E-state index contributed by atoms with van der Waals surface area (Å²) in [6.45, 7) is 0. The quantitative estimate of drug-likeness (QED) is 0.567.